The van der Waals surface area contributed by atoms with E-state index < -0.39 is 5.97 Å². The van der Waals surface area contributed by atoms with Crippen molar-refractivity contribution in [1.29, 1.82) is 5.26 Å². The molecule has 3 heterocycles. The van der Waals surface area contributed by atoms with Gasteiger partial charge in [0.25, 0.3) is 0 Å². The van der Waals surface area contributed by atoms with E-state index in [0.717, 1.165) is 16.6 Å². The molecule has 112 valence electrons. The maximum absolute atomic E-state index is 11.0. The second kappa shape index (κ2) is 6.12. The average Bonchev–Trinajstić information content (AvgIpc) is 2.91. The third-order valence-electron chi connectivity index (χ3n) is 3.39. The summed E-state index contributed by atoms with van der Waals surface area (Å²) in [7, 11) is 0. The Balaban J connectivity index is 2.11. The van der Waals surface area contributed by atoms with Crippen LogP contribution in [0.5, 0.6) is 0 Å². The Morgan fingerprint density at radius 1 is 1.35 bits per heavy atom. The summed E-state index contributed by atoms with van der Waals surface area (Å²) >= 11 is 0. The first-order valence-corrected chi connectivity index (χ1v) is 6.87. The molecular weight excluding hydrogens is 292 g/mol. The zero-order valence-corrected chi connectivity index (χ0v) is 12.0. The molecule has 0 aliphatic carbocycles. The Bertz CT molecular complexity index is 936. The Morgan fingerprint density at radius 2 is 2.17 bits per heavy atom. The van der Waals surface area contributed by atoms with Crippen molar-refractivity contribution < 1.29 is 9.90 Å². The molecule has 0 amide bonds. The summed E-state index contributed by atoms with van der Waals surface area (Å²) in [5.41, 5.74) is 2.07. The number of aliphatic carboxylic acids is 1. The summed E-state index contributed by atoms with van der Waals surface area (Å²) in [4.78, 5) is 19.5. The molecule has 0 bridgehead atoms. The predicted octanol–water partition coefficient (Wildman–Crippen LogP) is 2.47. The lowest BCUT2D eigenvalue weighted by Gasteiger charge is -2.03. The fourth-order valence-corrected chi connectivity index (χ4v) is 2.37. The van der Waals surface area contributed by atoms with Crippen molar-refractivity contribution in [2.45, 2.75) is 6.54 Å². The van der Waals surface area contributed by atoms with Crippen LogP contribution in [0.2, 0.25) is 0 Å². The van der Waals surface area contributed by atoms with Gasteiger partial charge in [-0.15, -0.1) is 0 Å². The number of carboxylic acids is 1. The van der Waals surface area contributed by atoms with E-state index in [1.807, 2.05) is 22.8 Å². The molecule has 0 saturated heterocycles. The van der Waals surface area contributed by atoms with Crippen molar-refractivity contribution in [2.75, 3.05) is 0 Å². The van der Waals surface area contributed by atoms with Gasteiger partial charge in [0, 0.05) is 35.7 Å². The van der Waals surface area contributed by atoms with Crippen molar-refractivity contribution in [2.24, 2.45) is 0 Å². The van der Waals surface area contributed by atoms with Gasteiger partial charge < -0.3 is 9.67 Å². The summed E-state index contributed by atoms with van der Waals surface area (Å²) in [6.07, 6.45) is 8.31. The van der Waals surface area contributed by atoms with E-state index in [1.54, 1.807) is 36.9 Å². The first kappa shape index (κ1) is 14.5. The molecule has 0 atom stereocenters. The number of rotatable bonds is 4. The number of hydrogen-bond donors (Lipinski definition) is 1. The van der Waals surface area contributed by atoms with Crippen molar-refractivity contribution >= 4 is 23.1 Å². The number of hydrogen-bond acceptors (Lipinski definition) is 4. The summed E-state index contributed by atoms with van der Waals surface area (Å²) in [5.74, 6) is -1.25. The molecule has 6 heteroatoms. The minimum absolute atomic E-state index is 0.311. The minimum atomic E-state index is -1.25. The van der Waals surface area contributed by atoms with Crippen molar-refractivity contribution in [3.63, 3.8) is 0 Å². The van der Waals surface area contributed by atoms with Crippen LogP contribution in [-0.2, 0) is 11.3 Å². The van der Waals surface area contributed by atoms with Crippen LogP contribution >= 0.6 is 0 Å². The Kier molecular flexibility index (Phi) is 3.85. The van der Waals surface area contributed by atoms with Crippen LogP contribution in [0.25, 0.3) is 17.1 Å². The average molecular weight is 304 g/mol. The van der Waals surface area contributed by atoms with Gasteiger partial charge in [0.05, 0.1) is 6.54 Å². The van der Waals surface area contributed by atoms with Crippen molar-refractivity contribution in [1.82, 2.24) is 14.5 Å². The van der Waals surface area contributed by atoms with Gasteiger partial charge in [0.15, 0.2) is 0 Å². The highest BCUT2D eigenvalue weighted by molar-refractivity contribution is 5.99. The van der Waals surface area contributed by atoms with Crippen molar-refractivity contribution in [3.8, 4) is 6.07 Å². The number of nitrogens with zero attached hydrogens (tertiary/aromatic N) is 4. The summed E-state index contributed by atoms with van der Waals surface area (Å²) in [5, 5.41) is 18.8. The fraction of sp³-hybridized carbons (Fsp3) is 0.0588. The van der Waals surface area contributed by atoms with Gasteiger partial charge in [-0.05, 0) is 29.8 Å². The van der Waals surface area contributed by atoms with Crippen molar-refractivity contribution in [3.05, 3.63) is 65.8 Å². The van der Waals surface area contributed by atoms with Crippen LogP contribution in [0.1, 0.15) is 11.1 Å². The van der Waals surface area contributed by atoms with Crippen LogP contribution in [-0.4, -0.2) is 25.6 Å². The number of aromatic nitrogens is 3. The van der Waals surface area contributed by atoms with Crippen LogP contribution in [0.15, 0.2) is 54.6 Å². The molecule has 0 aromatic carbocycles. The monoisotopic (exact) mass is 304 g/mol. The predicted molar refractivity (Wildman–Crippen MR) is 84.3 cm³/mol. The molecule has 0 saturated carbocycles. The molecule has 0 fully saturated rings. The molecule has 6 nitrogen and oxygen atoms in total. The van der Waals surface area contributed by atoms with Gasteiger partial charge in [-0.1, -0.05) is 6.07 Å². The number of fused-ring (bicyclic) bond motifs is 1. The highest BCUT2D eigenvalue weighted by Crippen LogP contribution is 2.22. The van der Waals surface area contributed by atoms with Gasteiger partial charge >= 0.3 is 5.97 Å². The van der Waals surface area contributed by atoms with E-state index in [1.165, 1.54) is 6.08 Å². The van der Waals surface area contributed by atoms with Crippen LogP contribution in [0.4, 0.5) is 0 Å². The summed E-state index contributed by atoms with van der Waals surface area (Å²) in [6.45, 7) is 0.560. The SMILES string of the molecule is N#C/C(=C\c1cn(Cc2cccnc2)c2ncccc12)C(=O)O. The van der Waals surface area contributed by atoms with Crippen LogP contribution < -0.4 is 0 Å². The van der Waals surface area contributed by atoms with Gasteiger partial charge in [-0.2, -0.15) is 5.26 Å². The molecule has 3 rings (SSSR count). The van der Waals surface area contributed by atoms with Gasteiger partial charge in [0.1, 0.15) is 17.3 Å². The summed E-state index contributed by atoms with van der Waals surface area (Å²) in [6, 6.07) is 9.13. The molecular formula is C17H12N4O2. The molecule has 0 aliphatic rings. The third-order valence-corrected chi connectivity index (χ3v) is 3.39. The second-order valence-corrected chi connectivity index (χ2v) is 4.92. The van der Waals surface area contributed by atoms with E-state index in [4.69, 9.17) is 10.4 Å². The number of carboxylic acid groups (broad SMARTS) is 1. The number of pyridine rings is 2. The molecule has 0 unspecified atom stereocenters. The maximum atomic E-state index is 11.0. The first-order chi connectivity index (χ1) is 11.2. The second-order valence-electron chi connectivity index (χ2n) is 4.92. The molecule has 3 aromatic heterocycles. The Hall–Kier alpha value is -3.46. The normalized spacial score (nSPS) is 11.3. The number of nitriles is 1. The summed E-state index contributed by atoms with van der Waals surface area (Å²) < 4.78 is 1.91. The Morgan fingerprint density at radius 3 is 2.87 bits per heavy atom. The zero-order valence-electron chi connectivity index (χ0n) is 12.0. The van der Waals surface area contributed by atoms with Gasteiger partial charge in [-0.3, -0.25) is 4.98 Å². The highest BCUT2D eigenvalue weighted by atomic mass is 16.4. The van der Waals surface area contributed by atoms with Gasteiger partial charge in [-0.25, -0.2) is 9.78 Å². The van der Waals surface area contributed by atoms with Crippen LogP contribution in [0.3, 0.4) is 0 Å². The smallest absolute Gasteiger partial charge is 0.346 e. The Labute approximate surface area is 132 Å². The molecule has 3 aromatic rings. The standard InChI is InChI=1S/C17H12N4O2/c18-8-13(17(22)23)7-14-11-21(10-12-3-1-5-19-9-12)16-15(14)4-2-6-20-16/h1-7,9,11H,10H2,(H,22,23)/b13-7+. The minimum Gasteiger partial charge on any atom is -0.477 e. The fourth-order valence-electron chi connectivity index (χ4n) is 2.37. The van der Waals surface area contributed by atoms with E-state index in [2.05, 4.69) is 9.97 Å². The zero-order chi connectivity index (χ0) is 16.2. The highest BCUT2D eigenvalue weighted by Gasteiger charge is 2.12. The third kappa shape index (κ3) is 2.94. The van der Waals surface area contributed by atoms with E-state index >= 15 is 0 Å². The van der Waals surface area contributed by atoms with E-state index in [0.29, 0.717) is 12.1 Å². The molecule has 0 spiro atoms. The maximum Gasteiger partial charge on any atom is 0.346 e. The van der Waals surface area contributed by atoms with E-state index in [-0.39, 0.29) is 5.57 Å². The molecule has 23 heavy (non-hydrogen) atoms. The first-order valence-electron chi connectivity index (χ1n) is 6.87. The largest absolute Gasteiger partial charge is 0.477 e. The number of carbonyl (C=O) groups is 1. The molecule has 0 aliphatic heterocycles. The topological polar surface area (TPSA) is 91.8 Å². The van der Waals surface area contributed by atoms with Gasteiger partial charge in [0.2, 0.25) is 0 Å². The lowest BCUT2D eigenvalue weighted by Crippen LogP contribution is -1.99. The lowest BCUT2D eigenvalue weighted by atomic mass is 10.1. The quantitative estimate of drug-likeness (QED) is 0.590. The van der Waals surface area contributed by atoms with E-state index in [9.17, 15) is 4.79 Å². The molecule has 1 N–H and O–H groups in total. The molecule has 0 radical (unpaired) electrons. The lowest BCUT2D eigenvalue weighted by molar-refractivity contribution is -0.132. The van der Waals surface area contributed by atoms with Crippen LogP contribution in [0, 0.1) is 11.3 Å².